The van der Waals surface area contributed by atoms with E-state index in [0.29, 0.717) is 6.54 Å². The van der Waals surface area contributed by atoms with E-state index in [1.807, 2.05) is 13.1 Å². The van der Waals surface area contributed by atoms with Gasteiger partial charge in [-0.15, -0.1) is 24.0 Å². The van der Waals surface area contributed by atoms with Gasteiger partial charge in [-0.2, -0.15) is 5.10 Å². The van der Waals surface area contributed by atoms with E-state index >= 15 is 0 Å². The quantitative estimate of drug-likeness (QED) is 0.158. The van der Waals surface area contributed by atoms with Crippen LogP contribution in [-0.4, -0.2) is 65.5 Å². The maximum absolute atomic E-state index is 4.31. The van der Waals surface area contributed by atoms with Crippen LogP contribution in [0.5, 0.6) is 0 Å². The molecule has 31 heavy (non-hydrogen) atoms. The highest BCUT2D eigenvalue weighted by Gasteiger charge is 2.07. The largest absolute Gasteiger partial charge is 0.372 e. The summed E-state index contributed by atoms with van der Waals surface area (Å²) in [5.41, 5.74) is 2.08. The zero-order chi connectivity index (χ0) is 21.2. The first-order valence-electron chi connectivity index (χ1n) is 10.3. The van der Waals surface area contributed by atoms with Crippen LogP contribution in [0.3, 0.4) is 0 Å². The lowest BCUT2D eigenvalue weighted by Crippen LogP contribution is -2.40. The zero-order valence-corrected chi connectivity index (χ0v) is 20.7. The van der Waals surface area contributed by atoms with Crippen molar-refractivity contribution in [3.63, 3.8) is 0 Å². The first kappa shape index (κ1) is 24.6. The number of halogens is 1. The molecule has 0 saturated heterocycles. The van der Waals surface area contributed by atoms with E-state index in [1.165, 1.54) is 5.69 Å². The summed E-state index contributed by atoms with van der Waals surface area (Å²) in [6.07, 6.45) is 4.36. The summed E-state index contributed by atoms with van der Waals surface area (Å²) in [5.74, 6) is 1.59. The molecule has 0 unspecified atom stereocenters. The Balaban J connectivity index is 0.00000341. The highest BCUT2D eigenvalue weighted by atomic mass is 127. The fraction of sp³-hybridized carbons (Fsp3) is 0.429. The second kappa shape index (κ2) is 12.9. The predicted molar refractivity (Wildman–Crippen MR) is 139 cm³/mol. The maximum atomic E-state index is 4.31. The molecule has 0 aliphatic carbocycles. The molecule has 3 N–H and O–H groups in total. The van der Waals surface area contributed by atoms with Crippen LogP contribution in [-0.2, 0) is 7.05 Å². The Hall–Kier alpha value is -2.63. The van der Waals surface area contributed by atoms with Crippen molar-refractivity contribution in [2.24, 2.45) is 12.0 Å². The molecule has 3 rings (SSSR count). The van der Waals surface area contributed by atoms with Crippen LogP contribution >= 0.6 is 24.0 Å². The third-order valence-corrected chi connectivity index (χ3v) is 4.86. The van der Waals surface area contributed by atoms with E-state index in [1.54, 1.807) is 24.3 Å². The molecule has 0 radical (unpaired) electrons. The van der Waals surface area contributed by atoms with E-state index < -0.39 is 0 Å². The predicted octanol–water partition coefficient (Wildman–Crippen LogP) is 2.47. The van der Waals surface area contributed by atoms with Crippen LogP contribution in [0.1, 0.15) is 13.3 Å². The molecule has 2 heterocycles. The fourth-order valence-corrected chi connectivity index (χ4v) is 3.27. The number of nitrogens with one attached hydrogen (secondary N) is 3. The number of benzene rings is 1. The summed E-state index contributed by atoms with van der Waals surface area (Å²) < 4.78 is 1.74. The van der Waals surface area contributed by atoms with E-state index in [2.05, 4.69) is 72.1 Å². The molecule has 0 aliphatic rings. The number of fused-ring (bicyclic) bond motifs is 1. The average Bonchev–Trinajstić information content (AvgIpc) is 3.17. The van der Waals surface area contributed by atoms with E-state index in [9.17, 15) is 0 Å². The van der Waals surface area contributed by atoms with Gasteiger partial charge in [0, 0.05) is 52.5 Å². The Morgan fingerprint density at radius 2 is 1.87 bits per heavy atom. The molecule has 0 saturated carbocycles. The third-order valence-electron chi connectivity index (χ3n) is 4.86. The number of para-hydroxylation sites is 1. The van der Waals surface area contributed by atoms with Crippen molar-refractivity contribution in [3.8, 4) is 0 Å². The number of hydrogen-bond donors (Lipinski definition) is 3. The molecule has 3 aromatic rings. The topological polar surface area (TPSA) is 95.3 Å². The van der Waals surface area contributed by atoms with Gasteiger partial charge < -0.3 is 20.9 Å². The van der Waals surface area contributed by atoms with Gasteiger partial charge in [0.15, 0.2) is 11.6 Å². The Kier molecular flexibility index (Phi) is 10.3. The minimum atomic E-state index is 0. The van der Waals surface area contributed by atoms with Gasteiger partial charge in [-0.25, -0.2) is 9.97 Å². The number of nitrogens with zero attached hydrogens (tertiary/aromatic N) is 6. The highest BCUT2D eigenvalue weighted by Crippen LogP contribution is 2.17. The van der Waals surface area contributed by atoms with Crippen molar-refractivity contribution in [2.75, 3.05) is 50.0 Å². The summed E-state index contributed by atoms with van der Waals surface area (Å²) in [7, 11) is 3.66. The molecule has 1 aromatic carbocycles. The molecule has 9 nitrogen and oxygen atoms in total. The van der Waals surface area contributed by atoms with E-state index in [4.69, 9.17) is 0 Å². The standard InChI is InChI=1S/C21H31N9.HI/c1-4-30(17-9-6-5-7-10-17)14-8-11-24-21(22-2)25-13-12-23-19-18-15-28-29(3)20(18)27-16-26-19;/h5-7,9-10,15-16H,4,8,11-14H2,1-3H3,(H2,22,24,25)(H,23,26,27);1H. The average molecular weight is 537 g/mol. The lowest BCUT2D eigenvalue weighted by molar-refractivity contribution is 0.710. The normalized spacial score (nSPS) is 11.1. The number of aryl methyl sites for hydroxylation is 1. The van der Waals surface area contributed by atoms with Gasteiger partial charge >= 0.3 is 0 Å². The number of guanidine groups is 1. The second-order valence-electron chi connectivity index (χ2n) is 6.85. The maximum Gasteiger partial charge on any atom is 0.191 e. The molecular weight excluding hydrogens is 505 g/mol. The van der Waals surface area contributed by atoms with Crippen LogP contribution in [0, 0.1) is 0 Å². The summed E-state index contributed by atoms with van der Waals surface area (Å²) in [4.78, 5) is 15.2. The minimum Gasteiger partial charge on any atom is -0.372 e. The summed E-state index contributed by atoms with van der Waals surface area (Å²) in [6, 6.07) is 10.5. The van der Waals surface area contributed by atoms with Gasteiger partial charge in [-0.3, -0.25) is 9.67 Å². The molecule has 2 aromatic heterocycles. The molecule has 0 aliphatic heterocycles. The van der Waals surface area contributed by atoms with Gasteiger partial charge in [0.2, 0.25) is 0 Å². The number of aromatic nitrogens is 4. The number of rotatable bonds is 10. The lowest BCUT2D eigenvalue weighted by Gasteiger charge is -2.23. The molecule has 0 atom stereocenters. The van der Waals surface area contributed by atoms with E-state index in [0.717, 1.165) is 55.4 Å². The lowest BCUT2D eigenvalue weighted by atomic mass is 10.2. The van der Waals surface area contributed by atoms with Crippen LogP contribution < -0.4 is 20.9 Å². The zero-order valence-electron chi connectivity index (χ0n) is 18.4. The second-order valence-corrected chi connectivity index (χ2v) is 6.85. The van der Waals surface area contributed by atoms with Crippen molar-refractivity contribution in [1.29, 1.82) is 0 Å². The van der Waals surface area contributed by atoms with Crippen molar-refractivity contribution in [2.45, 2.75) is 13.3 Å². The minimum absolute atomic E-state index is 0. The SMILES string of the molecule is CCN(CCCNC(=NC)NCCNc1ncnc2c1cnn2C)c1ccccc1.I. The van der Waals surface area contributed by atoms with Gasteiger partial charge in [0.1, 0.15) is 12.1 Å². The molecule has 0 amide bonds. The fourth-order valence-electron chi connectivity index (χ4n) is 3.27. The van der Waals surface area contributed by atoms with Crippen LogP contribution in [0.4, 0.5) is 11.5 Å². The summed E-state index contributed by atoms with van der Waals surface area (Å²) in [5, 5.41) is 15.2. The van der Waals surface area contributed by atoms with E-state index in [-0.39, 0.29) is 24.0 Å². The third kappa shape index (κ3) is 6.94. The van der Waals surface area contributed by atoms with Crippen LogP contribution in [0.25, 0.3) is 11.0 Å². The molecule has 0 spiro atoms. The molecular formula is C21H32IN9. The van der Waals surface area contributed by atoms with Gasteiger partial charge in [0.25, 0.3) is 0 Å². The van der Waals surface area contributed by atoms with Crippen LogP contribution in [0.2, 0.25) is 0 Å². The first-order chi connectivity index (χ1) is 14.7. The number of aliphatic imine (C=N–C) groups is 1. The van der Waals surface area contributed by atoms with Crippen molar-refractivity contribution in [3.05, 3.63) is 42.9 Å². The van der Waals surface area contributed by atoms with Crippen LogP contribution in [0.15, 0.2) is 47.8 Å². The monoisotopic (exact) mass is 537 g/mol. The Bertz CT molecular complexity index is 942. The van der Waals surface area contributed by atoms with Crippen molar-refractivity contribution >= 4 is 52.5 Å². The van der Waals surface area contributed by atoms with Gasteiger partial charge in [-0.1, -0.05) is 18.2 Å². The Morgan fingerprint density at radius 1 is 1.10 bits per heavy atom. The number of hydrogen-bond acceptors (Lipinski definition) is 6. The van der Waals surface area contributed by atoms with Crippen molar-refractivity contribution < 1.29 is 0 Å². The number of anilines is 2. The Morgan fingerprint density at radius 3 is 2.61 bits per heavy atom. The summed E-state index contributed by atoms with van der Waals surface area (Å²) >= 11 is 0. The molecule has 0 fully saturated rings. The van der Waals surface area contributed by atoms with Gasteiger partial charge in [-0.05, 0) is 25.5 Å². The Labute approximate surface area is 200 Å². The molecule has 168 valence electrons. The molecule has 10 heteroatoms. The van der Waals surface area contributed by atoms with Crippen molar-refractivity contribution in [1.82, 2.24) is 30.4 Å². The van der Waals surface area contributed by atoms with Gasteiger partial charge in [0.05, 0.1) is 11.6 Å². The molecule has 0 bridgehead atoms. The smallest absolute Gasteiger partial charge is 0.191 e. The summed E-state index contributed by atoms with van der Waals surface area (Å²) in [6.45, 7) is 6.47. The highest BCUT2D eigenvalue weighted by molar-refractivity contribution is 14.0. The first-order valence-corrected chi connectivity index (χ1v) is 10.3.